The molecule has 0 aliphatic heterocycles. The number of benzene rings is 3. The van der Waals surface area contributed by atoms with Gasteiger partial charge in [0.1, 0.15) is 22.9 Å². The Morgan fingerprint density at radius 1 is 1.05 bits per heavy atom. The topological polar surface area (TPSA) is 113 Å². The molecule has 0 bridgehead atoms. The maximum Gasteiger partial charge on any atom is 0.343 e. The van der Waals surface area contributed by atoms with Crippen molar-refractivity contribution >= 4 is 34.2 Å². The summed E-state index contributed by atoms with van der Waals surface area (Å²) < 4.78 is 41.0. The number of pyridine rings is 1. The number of aromatic nitrogens is 1. The number of carbonyl (C=O) groups excluding carboxylic acids is 2. The van der Waals surface area contributed by atoms with Gasteiger partial charge in [-0.25, -0.2) is 13.6 Å². The fourth-order valence-corrected chi connectivity index (χ4v) is 3.85. The summed E-state index contributed by atoms with van der Waals surface area (Å²) in [6.45, 7) is 2.68. The first kappa shape index (κ1) is 25.4. The molecular weight excluding hydrogens is 484 g/mol. The lowest BCUT2D eigenvalue weighted by atomic mass is 10.1. The van der Waals surface area contributed by atoms with Gasteiger partial charge in [-0.15, -0.1) is 0 Å². The van der Waals surface area contributed by atoms with E-state index in [2.05, 4.69) is 5.32 Å². The number of amides is 1. The van der Waals surface area contributed by atoms with E-state index in [1.807, 2.05) is 0 Å². The molecule has 10 heteroatoms. The lowest BCUT2D eigenvalue weighted by Gasteiger charge is -2.17. The van der Waals surface area contributed by atoms with Gasteiger partial charge in [0.25, 0.3) is 0 Å². The zero-order chi connectivity index (χ0) is 26.7. The largest absolute Gasteiger partial charge is 0.462 e. The van der Waals surface area contributed by atoms with E-state index >= 15 is 0 Å². The van der Waals surface area contributed by atoms with E-state index in [1.54, 1.807) is 31.2 Å². The maximum absolute atomic E-state index is 14.4. The predicted octanol–water partition coefficient (Wildman–Crippen LogP) is 5.08. The fraction of sp³-hybridized carbons (Fsp3) is 0.148. The van der Waals surface area contributed by atoms with E-state index in [0.717, 1.165) is 12.1 Å². The average molecular weight is 510 g/mol. The van der Waals surface area contributed by atoms with Crippen LogP contribution in [0.2, 0.25) is 0 Å². The molecule has 8 nitrogen and oxygen atoms in total. The molecule has 0 aliphatic carbocycles. The summed E-state index contributed by atoms with van der Waals surface area (Å²) in [5, 5.41) is 2.58. The van der Waals surface area contributed by atoms with Crippen LogP contribution in [0.5, 0.6) is 11.5 Å². The molecule has 0 saturated carbocycles. The lowest BCUT2D eigenvalue weighted by molar-refractivity contribution is -0.114. The molecule has 0 unspecified atom stereocenters. The Balaban J connectivity index is 0.00000400. The Bertz CT molecular complexity index is 1550. The number of carbonyl (C=O) groups is 2. The number of ether oxygens (including phenoxy) is 2. The molecule has 4 rings (SSSR count). The van der Waals surface area contributed by atoms with Gasteiger partial charge in [0, 0.05) is 25.8 Å². The van der Waals surface area contributed by atoms with Gasteiger partial charge in [-0.2, -0.15) is 0 Å². The van der Waals surface area contributed by atoms with E-state index in [-0.39, 0.29) is 54.0 Å². The summed E-state index contributed by atoms with van der Waals surface area (Å²) in [5.41, 5.74) is 5.78. The highest BCUT2D eigenvalue weighted by Crippen LogP contribution is 2.33. The maximum atomic E-state index is 14.4. The molecule has 0 spiro atoms. The zero-order valence-corrected chi connectivity index (χ0v) is 20.0. The minimum absolute atomic E-state index is 0. The first-order valence-corrected chi connectivity index (χ1v) is 11.3. The Labute approximate surface area is 211 Å². The average Bonchev–Trinajstić information content (AvgIpc) is 2.85. The standard InChI is InChI=1S/C27H23F2N3O5.H2/c1-3-36-27(35)19-14-32(13-18-20(28)5-4-6-21(18)29)22-11-12-23(25(30)24(22)26(19)34)37-17-9-7-16(8-10-17)31-15(2)33;/h4-12,14H,3,13,30H2,1-2H3,(H,31,33);1H. The number of halogens is 2. The molecule has 3 N–H and O–H groups in total. The molecule has 0 atom stereocenters. The van der Waals surface area contributed by atoms with Crippen molar-refractivity contribution in [2.45, 2.75) is 20.4 Å². The van der Waals surface area contributed by atoms with E-state index in [9.17, 15) is 23.2 Å². The van der Waals surface area contributed by atoms with Crippen LogP contribution in [0.3, 0.4) is 0 Å². The minimum Gasteiger partial charge on any atom is -0.462 e. The zero-order valence-electron chi connectivity index (χ0n) is 20.0. The van der Waals surface area contributed by atoms with Crippen LogP contribution in [0.1, 0.15) is 31.2 Å². The molecule has 3 aromatic carbocycles. The number of hydrogen-bond donors (Lipinski definition) is 2. The molecule has 192 valence electrons. The van der Waals surface area contributed by atoms with Crippen molar-refractivity contribution in [1.29, 1.82) is 0 Å². The van der Waals surface area contributed by atoms with E-state index in [0.29, 0.717) is 11.4 Å². The second kappa shape index (κ2) is 10.5. The van der Waals surface area contributed by atoms with Crippen LogP contribution in [0.15, 0.2) is 65.6 Å². The number of fused-ring (bicyclic) bond motifs is 1. The third-order valence-corrected chi connectivity index (χ3v) is 5.54. The summed E-state index contributed by atoms with van der Waals surface area (Å²) in [5.74, 6) is -2.18. The van der Waals surface area contributed by atoms with Crippen molar-refractivity contribution in [1.82, 2.24) is 4.57 Å². The number of nitrogens with two attached hydrogens (primary N) is 1. The molecule has 0 radical (unpaired) electrons. The molecule has 1 heterocycles. The Morgan fingerprint density at radius 3 is 2.35 bits per heavy atom. The minimum atomic E-state index is -0.892. The van der Waals surface area contributed by atoms with Gasteiger partial charge in [0.2, 0.25) is 11.3 Å². The van der Waals surface area contributed by atoms with Crippen molar-refractivity contribution < 1.29 is 29.3 Å². The second-order valence-corrected chi connectivity index (χ2v) is 8.10. The molecule has 0 fully saturated rings. The van der Waals surface area contributed by atoms with Crippen LogP contribution < -0.4 is 21.2 Å². The predicted molar refractivity (Wildman–Crippen MR) is 137 cm³/mol. The Hall–Kier alpha value is -4.73. The van der Waals surface area contributed by atoms with Gasteiger partial charge in [-0.1, -0.05) is 6.07 Å². The van der Waals surface area contributed by atoms with Crippen molar-refractivity contribution in [2.75, 3.05) is 17.7 Å². The van der Waals surface area contributed by atoms with Gasteiger partial charge in [-0.05, 0) is 55.5 Å². The van der Waals surface area contributed by atoms with E-state index in [4.69, 9.17) is 15.2 Å². The Morgan fingerprint density at radius 2 is 1.73 bits per heavy atom. The van der Waals surface area contributed by atoms with Gasteiger partial charge in [-0.3, -0.25) is 9.59 Å². The normalized spacial score (nSPS) is 10.8. The molecular formula is C27H25F2N3O5. The summed E-state index contributed by atoms with van der Waals surface area (Å²) in [6, 6.07) is 13.0. The van der Waals surface area contributed by atoms with Crippen LogP contribution in [0, 0.1) is 11.6 Å². The SMILES string of the molecule is CCOC(=O)c1cn(Cc2c(F)cccc2F)c2ccc(Oc3ccc(NC(C)=O)cc3)c(N)c2c1=O.[HH]. The smallest absolute Gasteiger partial charge is 0.343 e. The summed E-state index contributed by atoms with van der Waals surface area (Å²) in [4.78, 5) is 37.1. The monoisotopic (exact) mass is 509 g/mol. The first-order valence-electron chi connectivity index (χ1n) is 11.3. The molecule has 37 heavy (non-hydrogen) atoms. The summed E-state index contributed by atoms with van der Waals surface area (Å²) >= 11 is 0. The van der Waals surface area contributed by atoms with E-state index in [1.165, 1.54) is 35.9 Å². The van der Waals surface area contributed by atoms with Crippen LogP contribution in [0.4, 0.5) is 20.2 Å². The number of nitrogens with zero attached hydrogens (tertiary/aromatic N) is 1. The second-order valence-electron chi connectivity index (χ2n) is 8.10. The molecule has 1 amide bonds. The van der Waals surface area contributed by atoms with Crippen molar-refractivity contribution in [3.63, 3.8) is 0 Å². The number of nitrogens with one attached hydrogen (secondary N) is 1. The highest BCUT2D eigenvalue weighted by molar-refractivity contribution is 5.99. The quantitative estimate of drug-likeness (QED) is 0.265. The van der Waals surface area contributed by atoms with E-state index < -0.39 is 23.0 Å². The van der Waals surface area contributed by atoms with Gasteiger partial charge >= 0.3 is 5.97 Å². The molecule has 0 aliphatic rings. The van der Waals surface area contributed by atoms with Crippen molar-refractivity contribution in [3.8, 4) is 11.5 Å². The van der Waals surface area contributed by atoms with Crippen molar-refractivity contribution in [3.05, 3.63) is 93.8 Å². The third-order valence-electron chi connectivity index (χ3n) is 5.54. The highest BCUT2D eigenvalue weighted by Gasteiger charge is 2.21. The number of rotatable bonds is 7. The van der Waals surface area contributed by atoms with Gasteiger partial charge in [0.05, 0.1) is 29.7 Å². The van der Waals surface area contributed by atoms with Crippen molar-refractivity contribution in [2.24, 2.45) is 0 Å². The van der Waals surface area contributed by atoms with Gasteiger partial charge < -0.3 is 25.1 Å². The highest BCUT2D eigenvalue weighted by atomic mass is 19.1. The fourth-order valence-electron chi connectivity index (χ4n) is 3.85. The molecule has 4 aromatic rings. The van der Waals surface area contributed by atoms with Crippen LogP contribution in [0.25, 0.3) is 10.9 Å². The molecule has 1 aromatic heterocycles. The first-order chi connectivity index (χ1) is 17.7. The number of esters is 1. The number of hydrogen-bond acceptors (Lipinski definition) is 6. The van der Waals surface area contributed by atoms with Gasteiger partial charge in [0.15, 0.2) is 5.75 Å². The van der Waals surface area contributed by atoms with Crippen LogP contribution in [-0.4, -0.2) is 23.1 Å². The Kier molecular flexibility index (Phi) is 7.19. The number of anilines is 2. The van der Waals surface area contributed by atoms with Crippen LogP contribution in [-0.2, 0) is 16.1 Å². The summed E-state index contributed by atoms with van der Waals surface area (Å²) in [6.07, 6.45) is 1.20. The molecule has 0 saturated heterocycles. The number of nitrogen functional groups attached to an aromatic ring is 1. The lowest BCUT2D eigenvalue weighted by Crippen LogP contribution is -2.22. The van der Waals surface area contributed by atoms with Crippen LogP contribution >= 0.6 is 0 Å². The third kappa shape index (κ3) is 5.27. The summed E-state index contributed by atoms with van der Waals surface area (Å²) in [7, 11) is 0.